The number of ketones is 1. The highest BCUT2D eigenvalue weighted by Gasteiger charge is 2.28. The van der Waals surface area contributed by atoms with Gasteiger partial charge in [0.2, 0.25) is 10.0 Å². The Kier molecular flexibility index (Phi) is 7.55. The van der Waals surface area contributed by atoms with Gasteiger partial charge in [-0.15, -0.1) is 11.3 Å². The van der Waals surface area contributed by atoms with Crippen LogP contribution in [-0.4, -0.2) is 62.7 Å². The highest BCUT2D eigenvalue weighted by molar-refractivity contribution is 7.89. The monoisotopic (exact) mass is 461 g/mol. The maximum atomic E-state index is 12.8. The van der Waals surface area contributed by atoms with E-state index in [-0.39, 0.29) is 23.3 Å². The number of carbonyl (C=O) groups excluding carboxylic acids is 1. The van der Waals surface area contributed by atoms with Crippen LogP contribution in [0.5, 0.6) is 0 Å². The molecule has 0 amide bonds. The standard InChI is InChI=1S/C23H31N3O3S2/c27-22(19-8-6-9-20(16-19)31(28,29)26-13-4-5-14-26)18-24-17-21(23-10-7-15-30-23)25-11-2-1-3-12-25/h6-10,15-16,21,24H,1-5,11-14,17-18H2. The van der Waals surface area contributed by atoms with Crippen LogP contribution in [0.15, 0.2) is 46.7 Å². The summed E-state index contributed by atoms with van der Waals surface area (Å²) < 4.78 is 27.1. The first-order valence-electron chi connectivity index (χ1n) is 11.2. The Labute approximate surface area is 189 Å². The number of thiophene rings is 1. The number of hydrogen-bond acceptors (Lipinski definition) is 6. The smallest absolute Gasteiger partial charge is 0.243 e. The van der Waals surface area contributed by atoms with Crippen LogP contribution < -0.4 is 5.32 Å². The Morgan fingerprint density at radius 1 is 1.00 bits per heavy atom. The van der Waals surface area contributed by atoms with Gasteiger partial charge in [0.05, 0.1) is 17.5 Å². The van der Waals surface area contributed by atoms with Gasteiger partial charge in [-0.25, -0.2) is 8.42 Å². The molecule has 2 aliphatic heterocycles. The number of rotatable bonds is 9. The van der Waals surface area contributed by atoms with Crippen molar-refractivity contribution in [3.63, 3.8) is 0 Å². The minimum atomic E-state index is -3.52. The Hall–Kier alpha value is -1.58. The summed E-state index contributed by atoms with van der Waals surface area (Å²) in [7, 11) is -3.52. The van der Waals surface area contributed by atoms with E-state index in [2.05, 4.69) is 27.7 Å². The highest BCUT2D eigenvalue weighted by atomic mass is 32.2. The van der Waals surface area contributed by atoms with Gasteiger partial charge >= 0.3 is 0 Å². The third-order valence-corrected chi connectivity index (χ3v) is 9.05. The lowest BCUT2D eigenvalue weighted by molar-refractivity contribution is 0.0984. The minimum Gasteiger partial charge on any atom is -0.308 e. The van der Waals surface area contributed by atoms with Gasteiger partial charge in [0.25, 0.3) is 0 Å². The number of Topliss-reactive ketones (excluding diaryl/α,β-unsaturated/α-hetero) is 1. The van der Waals surface area contributed by atoms with Gasteiger partial charge in [-0.2, -0.15) is 4.31 Å². The summed E-state index contributed by atoms with van der Waals surface area (Å²) in [6.07, 6.45) is 5.52. The number of piperidine rings is 1. The SMILES string of the molecule is O=C(CNCC(c1cccs1)N1CCCCC1)c1cccc(S(=O)(=O)N2CCCC2)c1. The van der Waals surface area contributed by atoms with Gasteiger partial charge in [-0.1, -0.05) is 24.6 Å². The molecule has 1 aromatic carbocycles. The molecule has 0 saturated carbocycles. The lowest BCUT2D eigenvalue weighted by Crippen LogP contribution is -2.39. The van der Waals surface area contributed by atoms with E-state index in [4.69, 9.17) is 0 Å². The second-order valence-electron chi connectivity index (χ2n) is 8.32. The molecule has 0 spiro atoms. The van der Waals surface area contributed by atoms with Crippen LogP contribution in [0.25, 0.3) is 0 Å². The Balaban J connectivity index is 1.39. The second-order valence-corrected chi connectivity index (χ2v) is 11.2. The molecule has 6 nitrogen and oxygen atoms in total. The summed E-state index contributed by atoms with van der Waals surface area (Å²) in [5, 5.41) is 5.44. The van der Waals surface area contributed by atoms with Gasteiger partial charge in [-0.05, 0) is 62.4 Å². The van der Waals surface area contributed by atoms with Crippen molar-refractivity contribution >= 4 is 27.1 Å². The van der Waals surface area contributed by atoms with Gasteiger partial charge < -0.3 is 5.32 Å². The molecule has 1 aromatic heterocycles. The zero-order valence-corrected chi connectivity index (χ0v) is 19.5. The summed E-state index contributed by atoms with van der Waals surface area (Å²) in [6, 6.07) is 11.0. The van der Waals surface area contributed by atoms with Crippen LogP contribution >= 0.6 is 11.3 Å². The third-order valence-electron chi connectivity index (χ3n) is 6.19. The van der Waals surface area contributed by atoms with Crippen LogP contribution in [-0.2, 0) is 10.0 Å². The number of likely N-dealkylation sites (tertiary alicyclic amines) is 1. The van der Waals surface area contributed by atoms with Crippen LogP contribution in [0.3, 0.4) is 0 Å². The van der Waals surface area contributed by atoms with Crippen molar-refractivity contribution in [1.82, 2.24) is 14.5 Å². The van der Waals surface area contributed by atoms with Crippen LogP contribution in [0, 0.1) is 0 Å². The maximum absolute atomic E-state index is 12.8. The van der Waals surface area contributed by atoms with E-state index >= 15 is 0 Å². The Bertz CT molecular complexity index is 964. The van der Waals surface area contributed by atoms with Crippen LogP contribution in [0.1, 0.15) is 53.4 Å². The molecule has 31 heavy (non-hydrogen) atoms. The maximum Gasteiger partial charge on any atom is 0.243 e. The van der Waals surface area contributed by atoms with Crippen LogP contribution in [0.2, 0.25) is 0 Å². The molecule has 2 fully saturated rings. The lowest BCUT2D eigenvalue weighted by atomic mass is 10.1. The molecular formula is C23H31N3O3S2. The molecule has 8 heteroatoms. The minimum absolute atomic E-state index is 0.0814. The number of nitrogens with one attached hydrogen (secondary N) is 1. The number of sulfonamides is 1. The predicted molar refractivity (Wildman–Crippen MR) is 124 cm³/mol. The number of nitrogens with zero attached hydrogens (tertiary/aromatic N) is 2. The van der Waals surface area contributed by atoms with Crippen molar-refractivity contribution in [3.05, 3.63) is 52.2 Å². The molecular weight excluding hydrogens is 430 g/mol. The van der Waals surface area contributed by atoms with Crippen molar-refractivity contribution in [2.75, 3.05) is 39.3 Å². The predicted octanol–water partition coefficient (Wildman–Crippen LogP) is 3.53. The molecule has 3 heterocycles. The summed E-state index contributed by atoms with van der Waals surface area (Å²) in [5.41, 5.74) is 0.443. The topological polar surface area (TPSA) is 69.7 Å². The first-order chi connectivity index (χ1) is 15.1. The van der Waals surface area contributed by atoms with E-state index in [1.165, 1.54) is 34.5 Å². The first kappa shape index (κ1) is 22.6. The fraction of sp³-hybridized carbons (Fsp3) is 0.522. The van der Waals surface area contributed by atoms with Crippen LogP contribution in [0.4, 0.5) is 0 Å². The van der Waals surface area contributed by atoms with Gasteiger partial charge in [0.15, 0.2) is 5.78 Å². The van der Waals surface area contributed by atoms with Crippen molar-refractivity contribution in [1.29, 1.82) is 0 Å². The van der Waals surface area contributed by atoms with E-state index in [1.807, 2.05) is 0 Å². The van der Waals surface area contributed by atoms with E-state index in [1.54, 1.807) is 29.5 Å². The molecule has 0 radical (unpaired) electrons. The molecule has 2 saturated heterocycles. The molecule has 2 aliphatic rings. The molecule has 168 valence electrons. The molecule has 1 unspecified atom stereocenters. The second kappa shape index (κ2) is 10.4. The van der Waals surface area contributed by atoms with E-state index < -0.39 is 10.0 Å². The number of benzene rings is 1. The zero-order valence-electron chi connectivity index (χ0n) is 17.8. The summed E-state index contributed by atoms with van der Waals surface area (Å²) in [4.78, 5) is 16.9. The lowest BCUT2D eigenvalue weighted by Gasteiger charge is -2.34. The van der Waals surface area contributed by atoms with E-state index in [0.29, 0.717) is 25.2 Å². The average Bonchev–Trinajstić information content (AvgIpc) is 3.52. The van der Waals surface area contributed by atoms with Gasteiger partial charge in [0, 0.05) is 30.1 Å². The van der Waals surface area contributed by atoms with Gasteiger partial charge in [0.1, 0.15) is 0 Å². The largest absolute Gasteiger partial charge is 0.308 e. The molecule has 1 N–H and O–H groups in total. The Morgan fingerprint density at radius 2 is 1.74 bits per heavy atom. The van der Waals surface area contributed by atoms with E-state index in [9.17, 15) is 13.2 Å². The summed E-state index contributed by atoms with van der Waals surface area (Å²) in [6.45, 7) is 4.20. The summed E-state index contributed by atoms with van der Waals surface area (Å²) in [5.74, 6) is -0.0814. The fourth-order valence-electron chi connectivity index (χ4n) is 4.45. The number of hydrogen-bond donors (Lipinski definition) is 1. The quantitative estimate of drug-likeness (QED) is 0.579. The fourth-order valence-corrected chi connectivity index (χ4v) is 6.88. The van der Waals surface area contributed by atoms with E-state index in [0.717, 1.165) is 25.9 Å². The van der Waals surface area contributed by atoms with Crippen molar-refractivity contribution < 1.29 is 13.2 Å². The third kappa shape index (κ3) is 5.43. The molecule has 0 bridgehead atoms. The highest BCUT2D eigenvalue weighted by Crippen LogP contribution is 2.27. The first-order valence-corrected chi connectivity index (χ1v) is 13.5. The Morgan fingerprint density at radius 3 is 2.45 bits per heavy atom. The zero-order chi connectivity index (χ0) is 21.7. The van der Waals surface area contributed by atoms with Crippen molar-refractivity contribution in [3.8, 4) is 0 Å². The average molecular weight is 462 g/mol. The van der Waals surface area contributed by atoms with Crippen molar-refractivity contribution in [2.45, 2.75) is 43.0 Å². The van der Waals surface area contributed by atoms with Gasteiger partial charge in [-0.3, -0.25) is 9.69 Å². The molecule has 1 atom stereocenters. The van der Waals surface area contributed by atoms with Crippen molar-refractivity contribution in [2.24, 2.45) is 0 Å². The molecule has 0 aliphatic carbocycles. The summed E-state index contributed by atoms with van der Waals surface area (Å²) >= 11 is 1.76. The molecule has 2 aromatic rings. The normalized spacial score (nSPS) is 19.5. The number of carbonyl (C=O) groups is 1. The molecule has 4 rings (SSSR count).